The summed E-state index contributed by atoms with van der Waals surface area (Å²) < 4.78 is 33.7. The number of sulfonamides is 1. The lowest BCUT2D eigenvalue weighted by Crippen LogP contribution is -2.49. The van der Waals surface area contributed by atoms with Crippen LogP contribution in [0.3, 0.4) is 0 Å². The molecule has 0 radical (unpaired) electrons. The lowest BCUT2D eigenvalue weighted by atomic mass is 10.1. The number of amides is 1. The van der Waals surface area contributed by atoms with Crippen LogP contribution in [0, 0.1) is 11.3 Å². The van der Waals surface area contributed by atoms with Gasteiger partial charge in [-0.1, -0.05) is 12.8 Å². The predicted octanol–water partition coefficient (Wildman–Crippen LogP) is 2.49. The Bertz CT molecular complexity index is 1180. The highest BCUT2D eigenvalue weighted by Gasteiger charge is 2.30. The molecule has 34 heavy (non-hydrogen) atoms. The second kappa shape index (κ2) is 10.4. The molecule has 3 heterocycles. The van der Waals surface area contributed by atoms with Crippen LogP contribution in [0.15, 0.2) is 41.4 Å². The number of pyridine rings is 1. The maximum absolute atomic E-state index is 13.4. The van der Waals surface area contributed by atoms with Gasteiger partial charge >= 0.3 is 0 Å². The summed E-state index contributed by atoms with van der Waals surface area (Å²) >= 11 is 0. The van der Waals surface area contributed by atoms with Gasteiger partial charge < -0.3 is 14.5 Å². The molecule has 0 spiro atoms. The molecule has 9 nitrogen and oxygen atoms in total. The van der Waals surface area contributed by atoms with Crippen LogP contribution in [0.1, 0.15) is 41.6 Å². The molecule has 2 aliphatic rings. The number of hydrogen-bond acceptors (Lipinski definition) is 7. The van der Waals surface area contributed by atoms with Gasteiger partial charge in [0.1, 0.15) is 22.5 Å². The van der Waals surface area contributed by atoms with Crippen molar-refractivity contribution in [2.45, 2.75) is 30.6 Å². The average Bonchev–Trinajstić information content (AvgIpc) is 3.18. The number of carbonyl (C=O) groups excluding carboxylic acids is 1. The molecule has 0 unspecified atom stereocenters. The van der Waals surface area contributed by atoms with Crippen molar-refractivity contribution in [3.05, 3.63) is 47.7 Å². The molecule has 0 saturated carbocycles. The zero-order valence-corrected chi connectivity index (χ0v) is 20.1. The van der Waals surface area contributed by atoms with Crippen LogP contribution in [0.4, 0.5) is 5.82 Å². The third kappa shape index (κ3) is 4.86. The average molecular weight is 484 g/mol. The molecule has 1 aromatic heterocycles. The molecule has 0 bridgehead atoms. The molecule has 0 atom stereocenters. The highest BCUT2D eigenvalue weighted by molar-refractivity contribution is 7.89. The van der Waals surface area contributed by atoms with Crippen LogP contribution >= 0.6 is 0 Å². The number of aromatic nitrogens is 1. The summed E-state index contributed by atoms with van der Waals surface area (Å²) in [4.78, 5) is 21.3. The highest BCUT2D eigenvalue weighted by Crippen LogP contribution is 2.30. The lowest BCUT2D eigenvalue weighted by molar-refractivity contribution is 0.0746. The molecule has 1 aromatic carbocycles. The monoisotopic (exact) mass is 483 g/mol. The van der Waals surface area contributed by atoms with E-state index in [0.717, 1.165) is 25.7 Å². The first kappa shape index (κ1) is 24.0. The van der Waals surface area contributed by atoms with E-state index < -0.39 is 10.0 Å². The molecule has 0 aliphatic carbocycles. The zero-order valence-electron chi connectivity index (χ0n) is 19.3. The van der Waals surface area contributed by atoms with E-state index >= 15 is 0 Å². The first-order valence-electron chi connectivity index (χ1n) is 11.5. The van der Waals surface area contributed by atoms with Crippen LogP contribution in [0.25, 0.3) is 0 Å². The van der Waals surface area contributed by atoms with Crippen molar-refractivity contribution in [2.75, 3.05) is 51.3 Å². The number of ether oxygens (including phenoxy) is 1. The van der Waals surface area contributed by atoms with Gasteiger partial charge in [0.2, 0.25) is 10.0 Å². The molecule has 4 rings (SSSR count). The number of nitriles is 1. The molecule has 180 valence electrons. The van der Waals surface area contributed by atoms with Gasteiger partial charge in [0.05, 0.1) is 12.7 Å². The number of hydrogen-bond donors (Lipinski definition) is 0. The predicted molar refractivity (Wildman–Crippen MR) is 127 cm³/mol. The fourth-order valence-electron chi connectivity index (χ4n) is 4.47. The van der Waals surface area contributed by atoms with Gasteiger partial charge in [0.25, 0.3) is 5.91 Å². The summed E-state index contributed by atoms with van der Waals surface area (Å²) in [6, 6.07) is 10.2. The number of anilines is 1. The standard InChI is InChI=1S/C24H29N5O4S/c1-33-21-9-8-19(17-22(21)34(31,32)29-11-4-2-3-5-12-29)24(30)28-15-13-27(14-16-28)23-20(18-25)7-6-10-26-23/h6-10,17H,2-5,11-16H2,1H3. The number of carbonyl (C=O) groups is 1. The van der Waals surface area contributed by atoms with Crippen molar-refractivity contribution < 1.29 is 17.9 Å². The molecule has 2 saturated heterocycles. The zero-order chi connectivity index (χ0) is 24.1. The molecule has 2 aromatic rings. The third-order valence-electron chi connectivity index (χ3n) is 6.37. The number of nitrogens with zero attached hydrogens (tertiary/aromatic N) is 5. The van der Waals surface area contributed by atoms with Gasteiger partial charge in [0.15, 0.2) is 0 Å². The van der Waals surface area contributed by atoms with Crippen molar-refractivity contribution in [1.29, 1.82) is 5.26 Å². The van der Waals surface area contributed by atoms with Gasteiger partial charge in [-0.3, -0.25) is 4.79 Å². The van der Waals surface area contributed by atoms with Gasteiger partial charge in [-0.05, 0) is 43.2 Å². The Morgan fingerprint density at radius 1 is 1.03 bits per heavy atom. The van der Waals surface area contributed by atoms with Crippen molar-refractivity contribution in [1.82, 2.24) is 14.2 Å². The summed E-state index contributed by atoms with van der Waals surface area (Å²) in [5.74, 6) is 0.633. The first-order chi connectivity index (χ1) is 16.5. The summed E-state index contributed by atoms with van der Waals surface area (Å²) in [5.41, 5.74) is 0.819. The molecule has 0 N–H and O–H groups in total. The van der Waals surface area contributed by atoms with Crippen LogP contribution in [0.5, 0.6) is 5.75 Å². The van der Waals surface area contributed by atoms with Gasteiger partial charge in [0, 0.05) is 51.0 Å². The fourth-order valence-corrected chi connectivity index (χ4v) is 6.17. The number of methoxy groups -OCH3 is 1. The Hall–Kier alpha value is -3.16. The van der Waals surface area contributed by atoms with E-state index in [-0.39, 0.29) is 16.6 Å². The fraction of sp³-hybridized carbons (Fsp3) is 0.458. The van der Waals surface area contributed by atoms with Crippen LogP contribution in [0.2, 0.25) is 0 Å². The lowest BCUT2D eigenvalue weighted by Gasteiger charge is -2.35. The smallest absolute Gasteiger partial charge is 0.254 e. The molecule has 10 heteroatoms. The summed E-state index contributed by atoms with van der Waals surface area (Å²) in [6.45, 7) is 2.91. The maximum Gasteiger partial charge on any atom is 0.254 e. The molecular weight excluding hydrogens is 454 g/mol. The van der Waals surface area contributed by atoms with Gasteiger partial charge in [-0.25, -0.2) is 13.4 Å². The van der Waals surface area contributed by atoms with E-state index in [0.29, 0.717) is 56.2 Å². The minimum absolute atomic E-state index is 0.0357. The first-order valence-corrected chi connectivity index (χ1v) is 13.0. The van der Waals surface area contributed by atoms with Crippen molar-refractivity contribution in [2.24, 2.45) is 0 Å². The Labute approximate surface area is 200 Å². The summed E-state index contributed by atoms with van der Waals surface area (Å²) in [5, 5.41) is 9.34. The van der Waals surface area contributed by atoms with E-state index in [4.69, 9.17) is 4.74 Å². The normalized spacial score (nSPS) is 17.6. The molecule has 1 amide bonds. The summed E-state index contributed by atoms with van der Waals surface area (Å²) in [7, 11) is -2.34. The Morgan fingerprint density at radius 3 is 2.38 bits per heavy atom. The Morgan fingerprint density at radius 2 is 1.74 bits per heavy atom. The molecular formula is C24H29N5O4S. The topological polar surface area (TPSA) is 107 Å². The van der Waals surface area contributed by atoms with E-state index in [2.05, 4.69) is 11.1 Å². The minimum atomic E-state index is -3.78. The Balaban J connectivity index is 1.52. The largest absolute Gasteiger partial charge is 0.495 e. The summed E-state index contributed by atoms with van der Waals surface area (Å²) in [6.07, 6.45) is 5.34. The van der Waals surface area contributed by atoms with E-state index in [1.165, 1.54) is 17.5 Å². The van der Waals surface area contributed by atoms with Crippen LogP contribution in [-0.2, 0) is 10.0 Å². The van der Waals surface area contributed by atoms with Gasteiger partial charge in [-0.2, -0.15) is 9.57 Å². The van der Waals surface area contributed by atoms with E-state index in [1.807, 2.05) is 4.90 Å². The maximum atomic E-state index is 13.4. The SMILES string of the molecule is COc1ccc(C(=O)N2CCN(c3ncccc3C#N)CC2)cc1S(=O)(=O)N1CCCCCC1. The van der Waals surface area contributed by atoms with Crippen molar-refractivity contribution in [3.8, 4) is 11.8 Å². The van der Waals surface area contributed by atoms with Crippen molar-refractivity contribution in [3.63, 3.8) is 0 Å². The molecule has 2 aliphatic heterocycles. The van der Waals surface area contributed by atoms with Crippen molar-refractivity contribution >= 4 is 21.7 Å². The second-order valence-electron chi connectivity index (χ2n) is 8.45. The van der Waals surface area contributed by atoms with E-state index in [1.54, 1.807) is 35.4 Å². The molecule has 2 fully saturated rings. The third-order valence-corrected chi connectivity index (χ3v) is 8.29. The second-order valence-corrected chi connectivity index (χ2v) is 10.4. The number of benzene rings is 1. The number of piperazine rings is 1. The van der Waals surface area contributed by atoms with E-state index in [9.17, 15) is 18.5 Å². The van der Waals surface area contributed by atoms with Crippen LogP contribution < -0.4 is 9.64 Å². The van der Waals surface area contributed by atoms with Gasteiger partial charge in [-0.15, -0.1) is 0 Å². The quantitative estimate of drug-likeness (QED) is 0.643. The Kier molecular flexibility index (Phi) is 7.34. The number of rotatable bonds is 5. The highest BCUT2D eigenvalue weighted by atomic mass is 32.2. The van der Waals surface area contributed by atoms with Crippen LogP contribution in [-0.4, -0.2) is 74.9 Å². The minimum Gasteiger partial charge on any atom is -0.495 e.